The SMILES string of the molecule is CC(NC(=O)NCC(C)N1CCc2ccccc2C1)c1ccc(NC(=O)C2CC2)cc1. The predicted molar refractivity (Wildman–Crippen MR) is 123 cm³/mol. The molecule has 0 saturated heterocycles. The number of hydrogen-bond acceptors (Lipinski definition) is 3. The van der Waals surface area contributed by atoms with E-state index in [1.165, 1.54) is 11.1 Å². The standard InChI is InChI=1S/C25H32N4O2/c1-17(29-14-13-20-5-3-4-6-22(20)16-29)15-26-25(31)27-18(2)19-9-11-23(12-10-19)28-24(30)21-7-8-21/h3-6,9-12,17-18,21H,7-8,13-16H2,1-2H3,(H,28,30)(H2,26,27,31). The monoisotopic (exact) mass is 420 g/mol. The van der Waals surface area contributed by atoms with Crippen LogP contribution >= 0.6 is 0 Å². The fraction of sp³-hybridized carbons (Fsp3) is 0.440. The molecule has 164 valence electrons. The first kappa shape index (κ1) is 21.4. The number of carbonyl (C=O) groups excluding carboxylic acids is 2. The zero-order valence-electron chi connectivity index (χ0n) is 18.4. The Hall–Kier alpha value is -2.86. The third-order valence-corrected chi connectivity index (χ3v) is 6.32. The fourth-order valence-electron chi connectivity index (χ4n) is 4.04. The summed E-state index contributed by atoms with van der Waals surface area (Å²) in [4.78, 5) is 26.7. The maximum Gasteiger partial charge on any atom is 0.315 e. The first-order valence-electron chi connectivity index (χ1n) is 11.3. The largest absolute Gasteiger partial charge is 0.337 e. The number of amides is 3. The van der Waals surface area contributed by atoms with Crippen LogP contribution in [0.5, 0.6) is 0 Å². The summed E-state index contributed by atoms with van der Waals surface area (Å²) in [5.41, 5.74) is 4.62. The van der Waals surface area contributed by atoms with Crippen molar-refractivity contribution in [2.24, 2.45) is 5.92 Å². The molecule has 1 aliphatic carbocycles. The smallest absolute Gasteiger partial charge is 0.315 e. The third-order valence-electron chi connectivity index (χ3n) is 6.32. The van der Waals surface area contributed by atoms with Gasteiger partial charge in [-0.15, -0.1) is 0 Å². The van der Waals surface area contributed by atoms with E-state index >= 15 is 0 Å². The summed E-state index contributed by atoms with van der Waals surface area (Å²) in [5.74, 6) is 0.288. The second-order valence-electron chi connectivity index (χ2n) is 8.80. The Bertz CT molecular complexity index is 923. The highest BCUT2D eigenvalue weighted by atomic mass is 16.2. The number of urea groups is 1. The van der Waals surface area contributed by atoms with Crippen LogP contribution < -0.4 is 16.0 Å². The number of benzene rings is 2. The molecule has 0 spiro atoms. The van der Waals surface area contributed by atoms with E-state index in [-0.39, 0.29) is 29.9 Å². The number of fused-ring (bicyclic) bond motifs is 1. The van der Waals surface area contributed by atoms with E-state index in [0.717, 1.165) is 43.6 Å². The Kier molecular flexibility index (Phi) is 6.56. The summed E-state index contributed by atoms with van der Waals surface area (Å²) in [7, 11) is 0. The van der Waals surface area contributed by atoms with Crippen LogP contribution in [-0.4, -0.2) is 36.0 Å². The minimum atomic E-state index is -0.164. The molecular formula is C25H32N4O2. The van der Waals surface area contributed by atoms with Crippen molar-refractivity contribution in [1.82, 2.24) is 15.5 Å². The van der Waals surface area contributed by atoms with Crippen LogP contribution in [0.4, 0.5) is 10.5 Å². The van der Waals surface area contributed by atoms with Crippen molar-refractivity contribution in [1.29, 1.82) is 0 Å². The van der Waals surface area contributed by atoms with Gasteiger partial charge < -0.3 is 16.0 Å². The van der Waals surface area contributed by atoms with Gasteiger partial charge in [0.15, 0.2) is 0 Å². The molecular weight excluding hydrogens is 388 g/mol. The second kappa shape index (κ2) is 9.52. The number of carbonyl (C=O) groups is 2. The molecule has 0 aromatic heterocycles. The topological polar surface area (TPSA) is 73.5 Å². The molecule has 2 atom stereocenters. The molecule has 2 aromatic carbocycles. The first-order chi connectivity index (χ1) is 15.0. The minimum absolute atomic E-state index is 0.101. The summed E-state index contributed by atoms with van der Waals surface area (Å²) in [5, 5.41) is 8.95. The number of anilines is 1. The first-order valence-corrected chi connectivity index (χ1v) is 11.3. The van der Waals surface area contributed by atoms with Gasteiger partial charge in [0, 0.05) is 37.3 Å². The average Bonchev–Trinajstić information content (AvgIpc) is 3.63. The van der Waals surface area contributed by atoms with Crippen molar-refractivity contribution in [3.8, 4) is 0 Å². The Labute approximate surface area is 184 Å². The van der Waals surface area contributed by atoms with Crippen LogP contribution in [0.25, 0.3) is 0 Å². The Morgan fingerprint density at radius 2 is 1.74 bits per heavy atom. The number of nitrogens with one attached hydrogen (secondary N) is 3. The van der Waals surface area contributed by atoms with Crippen molar-refractivity contribution in [2.45, 2.75) is 51.7 Å². The molecule has 1 fully saturated rings. The van der Waals surface area contributed by atoms with Gasteiger partial charge in [-0.05, 0) is 61.9 Å². The predicted octanol–water partition coefficient (Wildman–Crippen LogP) is 3.84. The zero-order valence-corrected chi connectivity index (χ0v) is 18.4. The lowest BCUT2D eigenvalue weighted by atomic mass is 9.99. The lowest BCUT2D eigenvalue weighted by molar-refractivity contribution is -0.117. The van der Waals surface area contributed by atoms with Gasteiger partial charge in [-0.25, -0.2) is 4.79 Å². The summed E-state index contributed by atoms with van der Waals surface area (Å²) < 4.78 is 0. The quantitative estimate of drug-likeness (QED) is 0.637. The maximum atomic E-state index is 12.4. The molecule has 6 nitrogen and oxygen atoms in total. The number of hydrogen-bond donors (Lipinski definition) is 3. The Balaban J connectivity index is 1.21. The summed E-state index contributed by atoms with van der Waals surface area (Å²) >= 11 is 0. The molecule has 1 heterocycles. The molecule has 2 aromatic rings. The van der Waals surface area contributed by atoms with Crippen LogP contribution in [0, 0.1) is 5.92 Å². The molecule has 2 unspecified atom stereocenters. The van der Waals surface area contributed by atoms with Crippen molar-refractivity contribution in [2.75, 3.05) is 18.4 Å². The van der Waals surface area contributed by atoms with Gasteiger partial charge in [0.05, 0.1) is 6.04 Å². The highest BCUT2D eigenvalue weighted by Crippen LogP contribution is 2.30. The molecule has 3 amide bonds. The van der Waals surface area contributed by atoms with Crippen molar-refractivity contribution in [3.63, 3.8) is 0 Å². The molecule has 1 aliphatic heterocycles. The van der Waals surface area contributed by atoms with E-state index in [9.17, 15) is 9.59 Å². The van der Waals surface area contributed by atoms with Gasteiger partial charge >= 0.3 is 6.03 Å². The molecule has 4 rings (SSSR count). The van der Waals surface area contributed by atoms with Crippen LogP contribution in [0.15, 0.2) is 48.5 Å². The molecule has 3 N–H and O–H groups in total. The Morgan fingerprint density at radius 1 is 1.03 bits per heavy atom. The summed E-state index contributed by atoms with van der Waals surface area (Å²) in [6, 6.07) is 16.2. The lowest BCUT2D eigenvalue weighted by Gasteiger charge is -2.33. The summed E-state index contributed by atoms with van der Waals surface area (Å²) in [6.45, 7) is 6.67. The van der Waals surface area contributed by atoms with E-state index in [4.69, 9.17) is 0 Å². The van der Waals surface area contributed by atoms with Gasteiger partial charge in [0.2, 0.25) is 5.91 Å². The minimum Gasteiger partial charge on any atom is -0.337 e. The van der Waals surface area contributed by atoms with Gasteiger partial charge in [-0.2, -0.15) is 0 Å². The molecule has 6 heteroatoms. The number of nitrogens with zero attached hydrogens (tertiary/aromatic N) is 1. The number of rotatable bonds is 7. The highest BCUT2D eigenvalue weighted by Gasteiger charge is 2.29. The molecule has 0 radical (unpaired) electrons. The van der Waals surface area contributed by atoms with E-state index in [1.54, 1.807) is 0 Å². The van der Waals surface area contributed by atoms with Gasteiger partial charge in [-0.3, -0.25) is 9.69 Å². The molecule has 1 saturated carbocycles. The van der Waals surface area contributed by atoms with Crippen LogP contribution in [0.2, 0.25) is 0 Å². The van der Waals surface area contributed by atoms with Crippen molar-refractivity contribution < 1.29 is 9.59 Å². The van der Waals surface area contributed by atoms with Crippen molar-refractivity contribution in [3.05, 3.63) is 65.2 Å². The van der Waals surface area contributed by atoms with E-state index in [0.29, 0.717) is 6.54 Å². The average molecular weight is 421 g/mol. The third kappa shape index (κ3) is 5.64. The van der Waals surface area contributed by atoms with E-state index in [1.807, 2.05) is 31.2 Å². The molecule has 0 bridgehead atoms. The van der Waals surface area contributed by atoms with Crippen molar-refractivity contribution >= 4 is 17.6 Å². The summed E-state index contributed by atoms with van der Waals surface area (Å²) in [6.07, 6.45) is 3.04. The van der Waals surface area contributed by atoms with E-state index in [2.05, 4.69) is 52.0 Å². The second-order valence-corrected chi connectivity index (χ2v) is 8.80. The zero-order chi connectivity index (χ0) is 21.8. The van der Waals surface area contributed by atoms with Crippen LogP contribution in [0.3, 0.4) is 0 Å². The normalized spacial score (nSPS) is 17.9. The van der Waals surface area contributed by atoms with Crippen LogP contribution in [0.1, 0.15) is 49.4 Å². The highest BCUT2D eigenvalue weighted by molar-refractivity contribution is 5.94. The molecule has 2 aliphatic rings. The van der Waals surface area contributed by atoms with Gasteiger partial charge in [-0.1, -0.05) is 36.4 Å². The van der Waals surface area contributed by atoms with Gasteiger partial charge in [0.25, 0.3) is 0 Å². The fourth-order valence-corrected chi connectivity index (χ4v) is 4.04. The molecule has 31 heavy (non-hydrogen) atoms. The van der Waals surface area contributed by atoms with E-state index < -0.39 is 0 Å². The maximum absolute atomic E-state index is 12.4. The lowest BCUT2D eigenvalue weighted by Crippen LogP contribution is -2.47. The van der Waals surface area contributed by atoms with Gasteiger partial charge in [0.1, 0.15) is 0 Å². The Morgan fingerprint density at radius 3 is 2.45 bits per heavy atom. The van der Waals surface area contributed by atoms with Crippen LogP contribution in [-0.2, 0) is 17.8 Å².